The molecule has 1 aliphatic heterocycles. The minimum atomic E-state index is -3.03. The van der Waals surface area contributed by atoms with Crippen LogP contribution >= 0.6 is 0 Å². The molecule has 1 fully saturated rings. The molecule has 0 saturated carbocycles. The van der Waals surface area contributed by atoms with E-state index in [0.29, 0.717) is 18.8 Å². The smallest absolute Gasteiger partial charge is 0.244 e. The van der Waals surface area contributed by atoms with Crippen molar-refractivity contribution in [3.8, 4) is 0 Å². The summed E-state index contributed by atoms with van der Waals surface area (Å²) >= 11 is 0. The summed E-state index contributed by atoms with van der Waals surface area (Å²) in [5.41, 5.74) is -0.269. The first-order valence-electron chi connectivity index (χ1n) is 8.40. The van der Waals surface area contributed by atoms with Crippen molar-refractivity contribution in [1.82, 2.24) is 25.1 Å². The molecule has 2 rings (SSSR count). The van der Waals surface area contributed by atoms with Gasteiger partial charge in [-0.05, 0) is 23.3 Å². The van der Waals surface area contributed by atoms with Crippen molar-refractivity contribution < 1.29 is 13.2 Å². The van der Waals surface area contributed by atoms with Crippen LogP contribution in [0.3, 0.4) is 0 Å². The highest BCUT2D eigenvalue weighted by Crippen LogP contribution is 2.21. The van der Waals surface area contributed by atoms with Gasteiger partial charge in [-0.1, -0.05) is 34.1 Å². The van der Waals surface area contributed by atoms with Crippen LogP contribution in [-0.2, 0) is 26.6 Å². The van der Waals surface area contributed by atoms with Crippen LogP contribution in [0, 0.1) is 0 Å². The van der Waals surface area contributed by atoms with E-state index in [4.69, 9.17) is 0 Å². The van der Waals surface area contributed by atoms with Gasteiger partial charge in [-0.15, -0.1) is 5.10 Å². The van der Waals surface area contributed by atoms with Crippen LogP contribution in [0.15, 0.2) is 0 Å². The Balaban J connectivity index is 2.15. The number of tetrazole rings is 1. The summed E-state index contributed by atoms with van der Waals surface area (Å²) in [6.07, 6.45) is 2.31. The van der Waals surface area contributed by atoms with Crippen LogP contribution < -0.4 is 0 Å². The molecule has 0 aromatic carbocycles. The quantitative estimate of drug-likeness (QED) is 0.746. The number of hydrogen-bond donors (Lipinski definition) is 0. The lowest BCUT2D eigenvalue weighted by Crippen LogP contribution is -2.44. The first-order valence-corrected chi connectivity index (χ1v) is 10.2. The van der Waals surface area contributed by atoms with Crippen molar-refractivity contribution in [2.45, 2.75) is 65.0 Å². The van der Waals surface area contributed by atoms with Crippen LogP contribution in [0.4, 0.5) is 0 Å². The number of sulfone groups is 1. The van der Waals surface area contributed by atoms with Gasteiger partial charge in [0, 0.05) is 18.0 Å². The molecular formula is C15H27N5O3S. The van der Waals surface area contributed by atoms with Crippen molar-refractivity contribution in [2.75, 3.05) is 18.1 Å². The fourth-order valence-corrected chi connectivity index (χ4v) is 4.66. The van der Waals surface area contributed by atoms with Crippen molar-refractivity contribution in [2.24, 2.45) is 0 Å². The first-order chi connectivity index (χ1) is 11.1. The molecule has 0 radical (unpaired) electrons. The summed E-state index contributed by atoms with van der Waals surface area (Å²) in [7, 11) is -3.03. The van der Waals surface area contributed by atoms with Gasteiger partial charge in [-0.3, -0.25) is 4.79 Å². The van der Waals surface area contributed by atoms with Crippen LogP contribution in [0.2, 0.25) is 0 Å². The second kappa shape index (κ2) is 7.16. The van der Waals surface area contributed by atoms with Crippen molar-refractivity contribution in [1.29, 1.82) is 0 Å². The average Bonchev–Trinajstić information content (AvgIpc) is 3.05. The predicted octanol–water partition coefficient (Wildman–Crippen LogP) is 0.786. The van der Waals surface area contributed by atoms with E-state index >= 15 is 0 Å². The first kappa shape index (κ1) is 18.8. The van der Waals surface area contributed by atoms with Crippen molar-refractivity contribution in [3.05, 3.63) is 5.82 Å². The Morgan fingerprint density at radius 2 is 2.08 bits per heavy atom. The molecule has 0 aliphatic carbocycles. The second-order valence-electron chi connectivity index (χ2n) is 7.41. The molecule has 9 heteroatoms. The maximum Gasteiger partial charge on any atom is 0.244 e. The van der Waals surface area contributed by atoms with Crippen molar-refractivity contribution >= 4 is 15.7 Å². The highest BCUT2D eigenvalue weighted by Gasteiger charge is 2.35. The van der Waals surface area contributed by atoms with Gasteiger partial charge in [0.1, 0.15) is 6.54 Å². The Kier molecular flexibility index (Phi) is 5.62. The number of rotatable bonds is 6. The Hall–Kier alpha value is -1.51. The number of carbonyl (C=O) groups is 1. The predicted molar refractivity (Wildman–Crippen MR) is 90.2 cm³/mol. The standard InChI is InChI=1S/C15H27N5O3S/c1-5-6-8-19(12-7-9-24(22,23)11-12)13(21)10-20-14(15(2,3)4)16-17-18-20/h12H,5-11H2,1-4H3/t12-/m0/s1. The second-order valence-corrected chi connectivity index (χ2v) is 9.64. The third-order valence-corrected chi connectivity index (χ3v) is 5.96. The number of hydrogen-bond acceptors (Lipinski definition) is 6. The Morgan fingerprint density at radius 1 is 1.38 bits per heavy atom. The maximum atomic E-state index is 12.8. The molecule has 2 heterocycles. The average molecular weight is 357 g/mol. The minimum absolute atomic E-state index is 0.0415. The van der Waals surface area contributed by atoms with E-state index in [1.165, 1.54) is 4.68 Å². The third-order valence-electron chi connectivity index (χ3n) is 4.21. The summed E-state index contributed by atoms with van der Waals surface area (Å²) in [6, 6.07) is -0.233. The van der Waals surface area contributed by atoms with E-state index in [9.17, 15) is 13.2 Å². The maximum absolute atomic E-state index is 12.8. The zero-order valence-electron chi connectivity index (χ0n) is 14.9. The van der Waals surface area contributed by atoms with E-state index in [1.54, 1.807) is 4.90 Å². The molecule has 1 aromatic rings. The summed E-state index contributed by atoms with van der Waals surface area (Å²) in [4.78, 5) is 14.5. The largest absolute Gasteiger partial charge is 0.337 e. The molecule has 0 spiro atoms. The third kappa shape index (κ3) is 4.52. The highest BCUT2D eigenvalue weighted by molar-refractivity contribution is 7.91. The lowest BCUT2D eigenvalue weighted by atomic mass is 9.96. The summed E-state index contributed by atoms with van der Waals surface area (Å²) in [5.74, 6) is 0.740. The normalized spacial score (nSPS) is 20.2. The zero-order chi connectivity index (χ0) is 18.0. The molecule has 1 atom stereocenters. The fourth-order valence-electron chi connectivity index (χ4n) is 2.93. The van der Waals surface area contributed by atoms with Gasteiger partial charge in [0.15, 0.2) is 15.7 Å². The van der Waals surface area contributed by atoms with E-state index in [1.807, 2.05) is 27.7 Å². The van der Waals surface area contributed by atoms with E-state index < -0.39 is 9.84 Å². The molecule has 8 nitrogen and oxygen atoms in total. The summed E-state index contributed by atoms with van der Waals surface area (Å²) in [5, 5.41) is 11.6. The van der Waals surface area contributed by atoms with Gasteiger partial charge in [-0.2, -0.15) is 0 Å². The fraction of sp³-hybridized carbons (Fsp3) is 0.867. The molecule has 0 N–H and O–H groups in total. The van der Waals surface area contributed by atoms with Crippen LogP contribution in [0.1, 0.15) is 52.8 Å². The molecule has 136 valence electrons. The Bertz CT molecular complexity index is 678. The van der Waals surface area contributed by atoms with E-state index in [-0.39, 0.29) is 35.4 Å². The topological polar surface area (TPSA) is 98.1 Å². The van der Waals surface area contributed by atoms with Gasteiger partial charge in [-0.25, -0.2) is 13.1 Å². The number of carbonyl (C=O) groups excluding carboxylic acids is 1. The van der Waals surface area contributed by atoms with E-state index in [2.05, 4.69) is 15.5 Å². The molecule has 1 aromatic heterocycles. The van der Waals surface area contributed by atoms with E-state index in [0.717, 1.165) is 12.8 Å². The number of unbranched alkanes of at least 4 members (excludes halogenated alkanes) is 1. The van der Waals surface area contributed by atoms with Crippen molar-refractivity contribution in [3.63, 3.8) is 0 Å². The number of amides is 1. The molecule has 0 bridgehead atoms. The monoisotopic (exact) mass is 357 g/mol. The Labute approximate surface area is 143 Å². The van der Waals surface area contributed by atoms with Gasteiger partial charge in [0.05, 0.1) is 11.5 Å². The van der Waals surface area contributed by atoms with Crippen LogP contribution in [0.5, 0.6) is 0 Å². The minimum Gasteiger partial charge on any atom is -0.337 e. The van der Waals surface area contributed by atoms with Crippen LogP contribution in [-0.4, -0.2) is 63.5 Å². The zero-order valence-corrected chi connectivity index (χ0v) is 15.7. The summed E-state index contributed by atoms with van der Waals surface area (Å²) in [6.45, 7) is 8.61. The van der Waals surface area contributed by atoms with Gasteiger partial charge >= 0.3 is 0 Å². The number of nitrogens with zero attached hydrogens (tertiary/aromatic N) is 5. The highest BCUT2D eigenvalue weighted by atomic mass is 32.2. The molecule has 0 unspecified atom stereocenters. The molecule has 1 saturated heterocycles. The molecular weight excluding hydrogens is 330 g/mol. The van der Waals surface area contributed by atoms with Gasteiger partial charge in [0.25, 0.3) is 0 Å². The van der Waals surface area contributed by atoms with Gasteiger partial charge < -0.3 is 4.90 Å². The SMILES string of the molecule is CCCCN(C(=O)Cn1nnnc1C(C)(C)C)[C@H]1CCS(=O)(=O)C1. The van der Waals surface area contributed by atoms with Crippen LogP contribution in [0.25, 0.3) is 0 Å². The lowest BCUT2D eigenvalue weighted by Gasteiger charge is -2.28. The summed E-state index contributed by atoms with van der Waals surface area (Å²) < 4.78 is 25.1. The molecule has 1 aliphatic rings. The lowest BCUT2D eigenvalue weighted by molar-refractivity contribution is -0.134. The molecule has 24 heavy (non-hydrogen) atoms. The molecule has 1 amide bonds. The number of aromatic nitrogens is 4. The van der Waals surface area contributed by atoms with Gasteiger partial charge in [0.2, 0.25) is 5.91 Å². The Morgan fingerprint density at radius 3 is 2.62 bits per heavy atom.